The Kier molecular flexibility index (Phi) is 11.5. The molecule has 0 radical (unpaired) electrons. The average Bonchev–Trinajstić information content (AvgIpc) is 2.01. The van der Waals surface area contributed by atoms with E-state index in [1.54, 1.807) is 0 Å². The second-order valence-corrected chi connectivity index (χ2v) is 2.87. The summed E-state index contributed by atoms with van der Waals surface area (Å²) in [5.41, 5.74) is 0. The predicted molar refractivity (Wildman–Crippen MR) is 31.1 cm³/mol. The van der Waals surface area contributed by atoms with Crippen molar-refractivity contribution in [1.82, 2.24) is 0 Å². The first-order valence-electron chi connectivity index (χ1n) is 2.80. The van der Waals surface area contributed by atoms with Gasteiger partial charge in [0.15, 0.2) is 11.9 Å². The molecule has 0 unspecified atom stereocenters. The van der Waals surface area contributed by atoms with E-state index in [9.17, 15) is 37.8 Å². The minimum Gasteiger partial charge on any atom is -0.539 e. The first kappa shape index (κ1) is 22.0. The Morgan fingerprint density at radius 2 is 1.00 bits per heavy atom. The molecule has 0 aromatic rings. The van der Waals surface area contributed by atoms with Crippen molar-refractivity contribution >= 4 is 34.3 Å². The van der Waals surface area contributed by atoms with Gasteiger partial charge in [-0.05, 0) is 0 Å². The molecular formula is C4Na2O10S. The Morgan fingerprint density at radius 1 is 0.765 bits per heavy atom. The maximum atomic E-state index is 10.4. The van der Waals surface area contributed by atoms with Crippen molar-refractivity contribution in [3.63, 3.8) is 0 Å². The normalized spacial score (nSPS) is 8.94. The van der Waals surface area contributed by atoms with Crippen molar-refractivity contribution in [2.75, 3.05) is 0 Å². The number of hydrogen-bond donors (Lipinski definition) is 0. The minimum atomic E-state index is -5.41. The van der Waals surface area contributed by atoms with Crippen LogP contribution in [0.2, 0.25) is 0 Å². The van der Waals surface area contributed by atoms with Gasteiger partial charge in [0.05, 0.1) is 0 Å². The molecule has 0 atom stereocenters. The predicted octanol–water partition coefficient (Wildman–Crippen LogP) is -11.2. The third kappa shape index (κ3) is 9.52. The molecule has 84 valence electrons. The monoisotopic (exact) mass is 286 g/mol. The number of hydrogen-bond acceptors (Lipinski definition) is 10. The molecule has 0 heterocycles. The molecule has 0 rings (SSSR count). The van der Waals surface area contributed by atoms with Gasteiger partial charge in [-0.3, -0.25) is 0 Å². The minimum absolute atomic E-state index is 0. The molecule has 0 amide bonds. The van der Waals surface area contributed by atoms with Gasteiger partial charge >= 0.3 is 81.5 Å². The Bertz CT molecular complexity index is 390. The van der Waals surface area contributed by atoms with Crippen LogP contribution in [-0.4, -0.2) is 32.3 Å². The fourth-order valence-electron chi connectivity index (χ4n) is 0.270. The van der Waals surface area contributed by atoms with E-state index in [0.717, 1.165) is 0 Å². The van der Waals surface area contributed by atoms with Gasteiger partial charge in [0.25, 0.3) is 0 Å². The molecule has 0 N–H and O–H groups in total. The maximum absolute atomic E-state index is 10.4. The van der Waals surface area contributed by atoms with Crippen molar-refractivity contribution < 1.29 is 105 Å². The van der Waals surface area contributed by atoms with Gasteiger partial charge < -0.3 is 28.2 Å². The fraction of sp³-hybridized carbons (Fsp3) is 0. The number of aliphatic carboxylic acids is 2. The van der Waals surface area contributed by atoms with Crippen LogP contribution >= 0.6 is 0 Å². The van der Waals surface area contributed by atoms with Crippen molar-refractivity contribution in [3.05, 3.63) is 0 Å². The largest absolute Gasteiger partial charge is 1.00 e. The van der Waals surface area contributed by atoms with Crippen LogP contribution in [0.4, 0.5) is 0 Å². The standard InChI is InChI=1S/C4H2O10S.2Na/c5-1(6)3(9)13-15(11,12)14-4(10)2(7)8;;/h(H,5,6)(H,7,8);;/q;2*+1/p-2. The zero-order valence-electron chi connectivity index (χ0n) is 8.49. The Balaban J connectivity index is -0.000000980. The van der Waals surface area contributed by atoms with Crippen LogP contribution < -0.4 is 69.3 Å². The molecule has 0 aromatic carbocycles. The summed E-state index contributed by atoms with van der Waals surface area (Å²) in [7, 11) is -5.41. The van der Waals surface area contributed by atoms with Gasteiger partial charge in [-0.25, -0.2) is 9.59 Å². The molecular weight excluding hydrogens is 286 g/mol. The molecule has 0 fully saturated rings. The van der Waals surface area contributed by atoms with Crippen molar-refractivity contribution in [2.45, 2.75) is 0 Å². The molecule has 0 bridgehead atoms. The maximum Gasteiger partial charge on any atom is 1.00 e. The van der Waals surface area contributed by atoms with Crippen LogP contribution in [0.5, 0.6) is 0 Å². The molecule has 13 heteroatoms. The number of rotatable bonds is 2. The van der Waals surface area contributed by atoms with Crippen molar-refractivity contribution in [2.24, 2.45) is 0 Å². The van der Waals surface area contributed by atoms with E-state index in [0.29, 0.717) is 0 Å². The summed E-state index contributed by atoms with van der Waals surface area (Å²) in [6.07, 6.45) is 0. The van der Waals surface area contributed by atoms with Gasteiger partial charge in [-0.1, -0.05) is 0 Å². The zero-order valence-corrected chi connectivity index (χ0v) is 13.3. The van der Waals surface area contributed by atoms with E-state index in [1.807, 2.05) is 0 Å². The van der Waals surface area contributed by atoms with E-state index in [1.165, 1.54) is 0 Å². The third-order valence-electron chi connectivity index (χ3n) is 0.689. The smallest absolute Gasteiger partial charge is 0.539 e. The molecule has 0 aliphatic rings. The molecule has 0 saturated carbocycles. The van der Waals surface area contributed by atoms with E-state index in [-0.39, 0.29) is 59.1 Å². The molecule has 10 nitrogen and oxygen atoms in total. The van der Waals surface area contributed by atoms with Crippen LogP contribution in [0.25, 0.3) is 0 Å². The second-order valence-electron chi connectivity index (χ2n) is 1.72. The van der Waals surface area contributed by atoms with Crippen LogP contribution in [0.15, 0.2) is 0 Å². The van der Waals surface area contributed by atoms with Crippen LogP contribution in [0.3, 0.4) is 0 Å². The molecule has 0 spiro atoms. The molecule has 0 saturated heterocycles. The van der Waals surface area contributed by atoms with E-state index < -0.39 is 34.3 Å². The van der Waals surface area contributed by atoms with Crippen molar-refractivity contribution in [3.8, 4) is 0 Å². The summed E-state index contributed by atoms with van der Waals surface area (Å²) in [6, 6.07) is 0. The Labute approximate surface area is 138 Å². The van der Waals surface area contributed by atoms with Crippen LogP contribution in [-0.2, 0) is 37.9 Å². The molecule has 0 aliphatic heterocycles. The summed E-state index contributed by atoms with van der Waals surface area (Å²) >= 11 is 0. The average molecular weight is 286 g/mol. The molecule has 0 aromatic heterocycles. The first-order valence-corrected chi connectivity index (χ1v) is 4.13. The molecule has 17 heavy (non-hydrogen) atoms. The second kappa shape index (κ2) is 8.85. The SMILES string of the molecule is O=C([O-])C(=O)OS(=O)(=O)OC(=O)C(=O)[O-].[Na+].[Na+]. The van der Waals surface area contributed by atoms with Crippen LogP contribution in [0.1, 0.15) is 0 Å². The number of carbonyl (C=O) groups is 4. The number of carboxylic acids is 2. The topological polar surface area (TPSA) is 167 Å². The summed E-state index contributed by atoms with van der Waals surface area (Å²) < 4.78 is 26.9. The third-order valence-corrected chi connectivity index (χ3v) is 1.40. The van der Waals surface area contributed by atoms with Gasteiger partial charge in [-0.2, -0.15) is 0 Å². The van der Waals surface area contributed by atoms with E-state index in [2.05, 4.69) is 8.37 Å². The first-order chi connectivity index (χ1) is 6.65. The van der Waals surface area contributed by atoms with Crippen molar-refractivity contribution in [1.29, 1.82) is 0 Å². The van der Waals surface area contributed by atoms with Gasteiger partial charge in [-0.15, -0.1) is 8.42 Å². The summed E-state index contributed by atoms with van der Waals surface area (Å²) in [5, 5.41) is 19.4. The van der Waals surface area contributed by atoms with Crippen LogP contribution in [0, 0.1) is 0 Å². The molecule has 0 aliphatic carbocycles. The van der Waals surface area contributed by atoms with E-state index >= 15 is 0 Å². The summed E-state index contributed by atoms with van der Waals surface area (Å²) in [5.74, 6) is -9.80. The fourth-order valence-corrected chi connectivity index (χ4v) is 0.811. The summed E-state index contributed by atoms with van der Waals surface area (Å²) in [6.45, 7) is 0. The summed E-state index contributed by atoms with van der Waals surface area (Å²) in [4.78, 5) is 39.5. The van der Waals surface area contributed by atoms with Gasteiger partial charge in [0, 0.05) is 0 Å². The zero-order chi connectivity index (χ0) is 12.2. The Morgan fingerprint density at radius 3 is 1.18 bits per heavy atom. The van der Waals surface area contributed by atoms with Gasteiger partial charge in [0.1, 0.15) is 0 Å². The number of carboxylic acid groups (broad SMARTS) is 2. The quantitative estimate of drug-likeness (QED) is 0.351. The number of carbonyl (C=O) groups excluding carboxylic acids is 4. The van der Waals surface area contributed by atoms with Gasteiger partial charge in [0.2, 0.25) is 0 Å². The Hall–Kier alpha value is -0.170. The van der Waals surface area contributed by atoms with E-state index in [4.69, 9.17) is 0 Å².